The maximum absolute atomic E-state index is 12.8. The van der Waals surface area contributed by atoms with Crippen molar-refractivity contribution in [3.8, 4) is 16.3 Å². The number of carbonyl (C=O) groups is 1. The highest BCUT2D eigenvalue weighted by molar-refractivity contribution is 7.21. The van der Waals surface area contributed by atoms with Crippen LogP contribution in [0, 0.1) is 0 Å². The summed E-state index contributed by atoms with van der Waals surface area (Å²) < 4.78 is 8.17. The molecule has 0 fully saturated rings. The van der Waals surface area contributed by atoms with E-state index in [9.17, 15) is 4.79 Å². The molecule has 0 aliphatic heterocycles. The third-order valence-electron chi connectivity index (χ3n) is 5.64. The Labute approximate surface area is 198 Å². The molecule has 0 atom stereocenters. The van der Waals surface area contributed by atoms with Crippen molar-refractivity contribution in [1.82, 2.24) is 19.5 Å². The lowest BCUT2D eigenvalue weighted by Crippen LogP contribution is -2.09. The summed E-state index contributed by atoms with van der Waals surface area (Å²) in [6.07, 6.45) is 0. The lowest BCUT2D eigenvalue weighted by atomic mass is 10.2. The number of thiazole rings is 1. The summed E-state index contributed by atoms with van der Waals surface area (Å²) in [5.41, 5.74) is 11.8. The van der Waals surface area contributed by atoms with E-state index in [2.05, 4.69) is 6.07 Å². The van der Waals surface area contributed by atoms with Gasteiger partial charge in [0.25, 0.3) is 0 Å². The number of nitrogen functional groups attached to an aromatic ring is 1. The molecule has 0 unspecified atom stereocenters. The van der Waals surface area contributed by atoms with Gasteiger partial charge in [-0.15, -0.1) is 11.3 Å². The van der Waals surface area contributed by atoms with Crippen LogP contribution in [0.1, 0.15) is 17.3 Å². The van der Waals surface area contributed by atoms with Gasteiger partial charge in [-0.2, -0.15) is 0 Å². The molecule has 166 valence electrons. The van der Waals surface area contributed by atoms with Crippen molar-refractivity contribution < 1.29 is 9.53 Å². The Morgan fingerprint density at radius 2 is 1.59 bits per heavy atom. The number of anilines is 1. The van der Waals surface area contributed by atoms with Crippen LogP contribution in [0.25, 0.3) is 48.7 Å². The summed E-state index contributed by atoms with van der Waals surface area (Å²) in [5, 5.41) is 0.941. The summed E-state index contributed by atoms with van der Waals surface area (Å²) in [6, 6.07) is 23.5. The molecule has 0 aliphatic rings. The zero-order chi connectivity index (χ0) is 23.2. The van der Waals surface area contributed by atoms with Crippen LogP contribution in [0.2, 0.25) is 0 Å². The average molecular weight is 466 g/mol. The van der Waals surface area contributed by atoms with Gasteiger partial charge in [-0.25, -0.2) is 19.7 Å². The molecular weight excluding hydrogens is 446 g/mol. The van der Waals surface area contributed by atoms with Gasteiger partial charge in [0.15, 0.2) is 5.65 Å². The largest absolute Gasteiger partial charge is 0.462 e. The predicted molar refractivity (Wildman–Crippen MR) is 135 cm³/mol. The molecule has 0 bridgehead atoms. The fraction of sp³-hybridized carbons (Fsp3) is 0.0769. The average Bonchev–Trinajstić information content (AvgIpc) is 3.41. The number of nitrogens with two attached hydrogens (primary N) is 1. The van der Waals surface area contributed by atoms with Gasteiger partial charge < -0.3 is 10.5 Å². The number of rotatable bonds is 4. The van der Waals surface area contributed by atoms with E-state index in [1.54, 1.807) is 22.8 Å². The second-order valence-corrected chi connectivity index (χ2v) is 8.76. The highest BCUT2D eigenvalue weighted by Crippen LogP contribution is 2.34. The molecule has 0 radical (unpaired) electrons. The number of ether oxygens (including phenoxy) is 1. The van der Waals surface area contributed by atoms with Crippen molar-refractivity contribution in [1.29, 1.82) is 0 Å². The van der Waals surface area contributed by atoms with Gasteiger partial charge in [-0.05, 0) is 55.5 Å². The van der Waals surface area contributed by atoms with Gasteiger partial charge in [-0.1, -0.05) is 24.3 Å². The Hall–Kier alpha value is -4.30. The summed E-state index contributed by atoms with van der Waals surface area (Å²) >= 11 is 1.65. The van der Waals surface area contributed by atoms with Gasteiger partial charge >= 0.3 is 5.97 Å². The Morgan fingerprint density at radius 3 is 2.29 bits per heavy atom. The molecule has 3 heterocycles. The second-order valence-electron chi connectivity index (χ2n) is 7.73. The molecule has 6 rings (SSSR count). The fourth-order valence-electron chi connectivity index (χ4n) is 4.08. The first-order valence-electron chi connectivity index (χ1n) is 10.8. The monoisotopic (exact) mass is 465 g/mol. The smallest absolute Gasteiger partial charge is 0.344 e. The van der Waals surface area contributed by atoms with E-state index in [0.717, 1.165) is 32.0 Å². The highest BCUT2D eigenvalue weighted by Gasteiger charge is 2.25. The summed E-state index contributed by atoms with van der Waals surface area (Å²) in [6.45, 7) is 2.00. The number of hydrogen-bond acceptors (Lipinski definition) is 7. The fourth-order valence-corrected chi connectivity index (χ4v) is 5.05. The number of hydrogen-bond donors (Lipinski definition) is 1. The van der Waals surface area contributed by atoms with Crippen LogP contribution in [-0.4, -0.2) is 32.1 Å². The number of para-hydroxylation sites is 3. The van der Waals surface area contributed by atoms with E-state index < -0.39 is 5.97 Å². The van der Waals surface area contributed by atoms with Crippen molar-refractivity contribution >= 4 is 55.5 Å². The predicted octanol–water partition coefficient (Wildman–Crippen LogP) is 5.61. The first-order valence-corrected chi connectivity index (χ1v) is 11.7. The molecule has 0 aliphatic carbocycles. The lowest BCUT2D eigenvalue weighted by molar-refractivity contribution is 0.0529. The van der Waals surface area contributed by atoms with E-state index in [-0.39, 0.29) is 18.0 Å². The molecule has 6 aromatic rings. The molecule has 34 heavy (non-hydrogen) atoms. The summed E-state index contributed by atoms with van der Waals surface area (Å²) in [5.74, 6) is -0.268. The third kappa shape index (κ3) is 3.19. The first-order chi connectivity index (χ1) is 16.6. The van der Waals surface area contributed by atoms with Crippen molar-refractivity contribution in [2.75, 3.05) is 12.3 Å². The van der Waals surface area contributed by atoms with E-state index in [1.807, 2.05) is 66.7 Å². The van der Waals surface area contributed by atoms with Gasteiger partial charge in [0.2, 0.25) is 0 Å². The SMILES string of the molecule is CCOC(=O)c1c(N)n(-c2ccc(-c3nc4ccccc4s3)cc2)c2nc3ccccc3nc12. The van der Waals surface area contributed by atoms with Gasteiger partial charge in [0.1, 0.15) is 21.9 Å². The number of esters is 1. The standard InChI is InChI=1S/C26H19N5O2S/c1-2-33-26(32)21-22-24(29-18-8-4-3-7-17(18)28-22)31(23(21)27)16-13-11-15(12-14-16)25-30-19-9-5-6-10-20(19)34-25/h3-14H,2,27H2,1H3. The van der Waals surface area contributed by atoms with Crippen molar-refractivity contribution in [3.05, 3.63) is 78.4 Å². The first kappa shape index (κ1) is 20.3. The normalized spacial score (nSPS) is 11.4. The third-order valence-corrected chi connectivity index (χ3v) is 6.73. The molecule has 3 aromatic carbocycles. The van der Waals surface area contributed by atoms with E-state index >= 15 is 0 Å². The summed E-state index contributed by atoms with van der Waals surface area (Å²) in [7, 11) is 0. The van der Waals surface area contributed by atoms with Crippen LogP contribution in [0.4, 0.5) is 5.82 Å². The van der Waals surface area contributed by atoms with Crippen LogP contribution < -0.4 is 5.73 Å². The molecule has 3 aromatic heterocycles. The van der Waals surface area contributed by atoms with E-state index in [0.29, 0.717) is 16.7 Å². The molecule has 0 saturated heterocycles. The summed E-state index contributed by atoms with van der Waals surface area (Å²) in [4.78, 5) is 27.0. The number of carbonyl (C=O) groups excluding carboxylic acids is 1. The maximum Gasteiger partial charge on any atom is 0.344 e. The van der Waals surface area contributed by atoms with E-state index in [4.69, 9.17) is 25.4 Å². The molecule has 8 heteroatoms. The Kier molecular flexibility index (Phi) is 4.74. The molecule has 2 N–H and O–H groups in total. The van der Waals surface area contributed by atoms with Gasteiger partial charge in [-0.3, -0.25) is 4.57 Å². The van der Waals surface area contributed by atoms with Crippen LogP contribution in [0.15, 0.2) is 72.8 Å². The minimum Gasteiger partial charge on any atom is -0.462 e. The number of nitrogens with zero attached hydrogens (tertiary/aromatic N) is 4. The van der Waals surface area contributed by atoms with Crippen molar-refractivity contribution in [2.45, 2.75) is 6.92 Å². The van der Waals surface area contributed by atoms with Crippen molar-refractivity contribution in [3.63, 3.8) is 0 Å². The topological polar surface area (TPSA) is 95.9 Å². The molecular formula is C26H19N5O2S. The second kappa shape index (κ2) is 7.93. The van der Waals surface area contributed by atoms with Crippen LogP contribution in [-0.2, 0) is 4.74 Å². The van der Waals surface area contributed by atoms with E-state index in [1.165, 1.54) is 0 Å². The Bertz CT molecular complexity index is 1670. The van der Waals surface area contributed by atoms with Crippen molar-refractivity contribution in [2.24, 2.45) is 0 Å². The van der Waals surface area contributed by atoms with Gasteiger partial charge in [0, 0.05) is 11.3 Å². The molecule has 0 amide bonds. The van der Waals surface area contributed by atoms with Crippen LogP contribution >= 0.6 is 11.3 Å². The lowest BCUT2D eigenvalue weighted by Gasteiger charge is -2.08. The molecule has 7 nitrogen and oxygen atoms in total. The van der Waals surface area contributed by atoms with Crippen LogP contribution in [0.3, 0.4) is 0 Å². The van der Waals surface area contributed by atoms with Crippen LogP contribution in [0.5, 0.6) is 0 Å². The Balaban J connectivity index is 1.52. The number of aromatic nitrogens is 4. The number of benzene rings is 3. The minimum absolute atomic E-state index is 0.227. The molecule has 0 spiro atoms. The zero-order valence-corrected chi connectivity index (χ0v) is 19.0. The quantitative estimate of drug-likeness (QED) is 0.340. The zero-order valence-electron chi connectivity index (χ0n) is 18.2. The Morgan fingerprint density at radius 1 is 0.912 bits per heavy atom. The minimum atomic E-state index is -0.514. The van der Waals surface area contributed by atoms with Gasteiger partial charge in [0.05, 0.1) is 27.9 Å². The molecule has 0 saturated carbocycles. The number of fused-ring (bicyclic) bond motifs is 3. The highest BCUT2D eigenvalue weighted by atomic mass is 32.1. The maximum atomic E-state index is 12.8.